The minimum absolute atomic E-state index is 0.0357. The highest BCUT2D eigenvalue weighted by molar-refractivity contribution is 8.59. The molecule has 0 rings (SSSR count). The zero-order valence-electron chi connectivity index (χ0n) is 17.7. The first-order valence-corrected chi connectivity index (χ1v) is 12.1. The van der Waals surface area contributed by atoms with Crippen molar-refractivity contribution in [1.82, 2.24) is 10.6 Å². The largest absolute Gasteiger partial charge is 0.480 e. The van der Waals surface area contributed by atoms with E-state index in [-0.39, 0.29) is 37.2 Å². The van der Waals surface area contributed by atoms with E-state index in [1.165, 1.54) is 0 Å². The number of amides is 2. The molecule has 0 aromatic carbocycles. The third-order valence-electron chi connectivity index (χ3n) is 3.63. The second kappa shape index (κ2) is 21.7. The molecule has 0 aliphatic rings. The lowest BCUT2D eigenvalue weighted by molar-refractivity contribution is -0.141. The molecular formula is C16H30N4O10S4. The Kier molecular flexibility index (Phi) is 23.4. The number of rotatable bonds is 14. The Morgan fingerprint density at radius 3 is 1.06 bits per heavy atom. The van der Waals surface area contributed by atoms with Gasteiger partial charge in [0, 0.05) is 24.3 Å². The van der Waals surface area contributed by atoms with E-state index < -0.39 is 59.9 Å². The number of hydrogen-bond acceptors (Lipinski definition) is 12. The van der Waals surface area contributed by atoms with Gasteiger partial charge < -0.3 is 42.5 Å². The number of nitrogens with one attached hydrogen (secondary N) is 2. The van der Waals surface area contributed by atoms with E-state index >= 15 is 0 Å². The Balaban J connectivity index is -0.000000526. The van der Waals surface area contributed by atoms with Gasteiger partial charge in [-0.3, -0.25) is 19.2 Å². The molecule has 18 heteroatoms. The van der Waals surface area contributed by atoms with Crippen LogP contribution in [-0.4, -0.2) is 91.8 Å². The van der Waals surface area contributed by atoms with Crippen molar-refractivity contribution in [2.75, 3.05) is 11.5 Å². The van der Waals surface area contributed by atoms with Crippen molar-refractivity contribution in [2.24, 2.45) is 11.5 Å². The first kappa shape index (κ1) is 36.7. The third kappa shape index (κ3) is 19.6. The van der Waals surface area contributed by atoms with Gasteiger partial charge in [0.25, 0.3) is 0 Å². The van der Waals surface area contributed by atoms with Crippen molar-refractivity contribution >= 4 is 84.3 Å². The van der Waals surface area contributed by atoms with Crippen LogP contribution in [0.5, 0.6) is 0 Å². The fourth-order valence-corrected chi connectivity index (χ4v) is 2.22. The SMILES string of the molecule is N[C@@H](CCC(=O)N[C@@H](CS)C(=O)O)C(=O)O.N[C@@H](CCC(=O)N[C@@H](CS)C(=O)O)C(=O)O.SS. The molecular weight excluding hydrogens is 536 g/mol. The molecule has 0 heterocycles. The van der Waals surface area contributed by atoms with Gasteiger partial charge in [-0.15, -0.1) is 23.3 Å². The minimum atomic E-state index is -1.20. The molecule has 10 N–H and O–H groups in total. The average molecular weight is 567 g/mol. The van der Waals surface area contributed by atoms with Crippen molar-refractivity contribution < 1.29 is 49.2 Å². The van der Waals surface area contributed by atoms with Crippen LogP contribution in [0.2, 0.25) is 0 Å². The minimum Gasteiger partial charge on any atom is -0.480 e. The molecule has 4 atom stereocenters. The van der Waals surface area contributed by atoms with Crippen molar-refractivity contribution in [1.29, 1.82) is 0 Å². The number of carbonyl (C=O) groups is 6. The molecule has 34 heavy (non-hydrogen) atoms. The third-order valence-corrected chi connectivity index (χ3v) is 4.36. The number of nitrogens with two attached hydrogens (primary N) is 2. The van der Waals surface area contributed by atoms with E-state index in [1.807, 2.05) is 0 Å². The molecule has 0 unspecified atom stereocenters. The quantitative estimate of drug-likeness (QED) is 0.0814. The second-order valence-corrected chi connectivity index (χ2v) is 6.98. The molecule has 14 nitrogen and oxygen atoms in total. The summed E-state index contributed by atoms with van der Waals surface area (Å²) in [6.07, 6.45) is -0.351. The van der Waals surface area contributed by atoms with E-state index in [9.17, 15) is 28.8 Å². The Hall–Kier alpha value is -1.86. The van der Waals surface area contributed by atoms with Crippen LogP contribution in [0.3, 0.4) is 0 Å². The molecule has 0 fully saturated rings. The zero-order valence-corrected chi connectivity index (χ0v) is 21.3. The van der Waals surface area contributed by atoms with Crippen LogP contribution in [0.15, 0.2) is 0 Å². The first-order valence-electron chi connectivity index (χ1n) is 9.19. The summed E-state index contributed by atoms with van der Waals surface area (Å²) in [6, 6.07) is -4.39. The fourth-order valence-electron chi connectivity index (χ4n) is 1.72. The van der Waals surface area contributed by atoms with Gasteiger partial charge in [-0.05, 0) is 12.8 Å². The van der Waals surface area contributed by atoms with Crippen LogP contribution in [0, 0.1) is 0 Å². The second-order valence-electron chi connectivity index (χ2n) is 6.25. The predicted octanol–water partition coefficient (Wildman–Crippen LogP) is -1.88. The molecule has 0 saturated heterocycles. The van der Waals surface area contributed by atoms with E-state index in [0.29, 0.717) is 0 Å². The molecule has 2 amide bonds. The Bertz CT molecular complexity index is 630. The molecule has 0 radical (unpaired) electrons. The van der Waals surface area contributed by atoms with Crippen LogP contribution >= 0.6 is 48.6 Å². The van der Waals surface area contributed by atoms with Crippen LogP contribution in [0.1, 0.15) is 25.7 Å². The standard InChI is InChI=1S/2C8H14N2O5S.H2S2/c2*9-4(7(12)13)1-2-6(11)10-5(3-16)8(14)15;1-2/h2*4-5,16H,1-3,9H2,(H,10,11)(H,12,13)(H,14,15);1-2H/t2*4-,5-;/m00./s1. The molecule has 0 aromatic rings. The lowest BCUT2D eigenvalue weighted by Crippen LogP contribution is -2.42. The van der Waals surface area contributed by atoms with Gasteiger partial charge in [-0.2, -0.15) is 25.3 Å². The maximum Gasteiger partial charge on any atom is 0.327 e. The number of carbonyl (C=O) groups excluding carboxylic acids is 2. The van der Waals surface area contributed by atoms with Crippen molar-refractivity contribution in [3.8, 4) is 0 Å². The van der Waals surface area contributed by atoms with E-state index in [1.54, 1.807) is 0 Å². The molecule has 0 aliphatic carbocycles. The summed E-state index contributed by atoms with van der Waals surface area (Å²) in [4.78, 5) is 64.1. The van der Waals surface area contributed by atoms with E-state index in [4.69, 9.17) is 31.9 Å². The van der Waals surface area contributed by atoms with Crippen molar-refractivity contribution in [3.05, 3.63) is 0 Å². The van der Waals surface area contributed by atoms with E-state index in [0.717, 1.165) is 0 Å². The summed E-state index contributed by atoms with van der Waals surface area (Å²) in [6.45, 7) is 0. The highest BCUT2D eigenvalue weighted by Gasteiger charge is 2.20. The smallest absolute Gasteiger partial charge is 0.327 e. The highest BCUT2D eigenvalue weighted by atomic mass is 33.1. The fraction of sp³-hybridized carbons (Fsp3) is 0.625. The molecule has 0 aliphatic heterocycles. The van der Waals surface area contributed by atoms with Crippen LogP contribution in [0.25, 0.3) is 0 Å². The Labute approximate surface area is 216 Å². The Morgan fingerprint density at radius 2 is 0.882 bits per heavy atom. The number of aliphatic carboxylic acids is 4. The lowest BCUT2D eigenvalue weighted by Gasteiger charge is -2.12. The number of carboxylic acid groups (broad SMARTS) is 4. The summed E-state index contributed by atoms with van der Waals surface area (Å²) >= 11 is 14.0. The number of carboxylic acids is 4. The van der Waals surface area contributed by atoms with Crippen molar-refractivity contribution in [2.45, 2.75) is 49.9 Å². The van der Waals surface area contributed by atoms with Gasteiger partial charge in [0.05, 0.1) is 0 Å². The summed E-state index contributed by atoms with van der Waals surface area (Å²) in [5.74, 6) is -5.96. The molecule has 0 aromatic heterocycles. The highest BCUT2D eigenvalue weighted by Crippen LogP contribution is 1.98. The summed E-state index contributed by atoms with van der Waals surface area (Å²) in [5.41, 5.74) is 10.4. The van der Waals surface area contributed by atoms with Gasteiger partial charge in [0.15, 0.2) is 0 Å². The van der Waals surface area contributed by atoms with Gasteiger partial charge in [0.1, 0.15) is 24.2 Å². The molecule has 0 bridgehead atoms. The maximum absolute atomic E-state index is 11.2. The summed E-state index contributed by atoms with van der Waals surface area (Å²) in [7, 11) is 0. The number of hydrogen-bond donors (Lipinski definition) is 12. The van der Waals surface area contributed by atoms with Gasteiger partial charge in [0.2, 0.25) is 11.8 Å². The Morgan fingerprint density at radius 1 is 0.618 bits per heavy atom. The zero-order chi connectivity index (χ0) is 27.4. The topological polar surface area (TPSA) is 259 Å². The first-order chi connectivity index (χ1) is 15.8. The van der Waals surface area contributed by atoms with Gasteiger partial charge >= 0.3 is 23.9 Å². The lowest BCUT2D eigenvalue weighted by atomic mass is 10.1. The monoisotopic (exact) mass is 566 g/mol. The van der Waals surface area contributed by atoms with E-state index in [2.05, 4.69) is 59.2 Å². The average Bonchev–Trinajstić information content (AvgIpc) is 2.78. The predicted molar refractivity (Wildman–Crippen MR) is 135 cm³/mol. The summed E-state index contributed by atoms with van der Waals surface area (Å²) < 4.78 is 0. The summed E-state index contributed by atoms with van der Waals surface area (Å²) in [5, 5.41) is 38.5. The van der Waals surface area contributed by atoms with Gasteiger partial charge in [-0.1, -0.05) is 0 Å². The molecule has 0 saturated carbocycles. The molecule has 0 spiro atoms. The van der Waals surface area contributed by atoms with Crippen LogP contribution in [0.4, 0.5) is 0 Å². The molecule has 198 valence electrons. The van der Waals surface area contributed by atoms with Crippen LogP contribution < -0.4 is 22.1 Å². The maximum atomic E-state index is 11.2. The van der Waals surface area contributed by atoms with Crippen LogP contribution in [-0.2, 0) is 28.8 Å². The normalized spacial score (nSPS) is 13.2. The number of thiol groups is 4. The van der Waals surface area contributed by atoms with Crippen molar-refractivity contribution in [3.63, 3.8) is 0 Å². The van der Waals surface area contributed by atoms with Gasteiger partial charge in [-0.25, -0.2) is 9.59 Å².